The van der Waals surface area contributed by atoms with Crippen LogP contribution in [0.3, 0.4) is 0 Å². The number of nitrogens with two attached hydrogens (primary N) is 1. The third-order valence-corrected chi connectivity index (χ3v) is 3.94. The largest absolute Gasteiger partial charge is 0.357 e. The van der Waals surface area contributed by atoms with Gasteiger partial charge in [0.1, 0.15) is 5.82 Å². The fourth-order valence-corrected chi connectivity index (χ4v) is 2.60. The first-order chi connectivity index (χ1) is 8.20. The highest BCUT2D eigenvalue weighted by molar-refractivity contribution is 5.41. The zero-order chi connectivity index (χ0) is 12.3. The molecule has 1 aliphatic carbocycles. The second-order valence-corrected chi connectivity index (χ2v) is 5.25. The quantitative estimate of drug-likeness (QED) is 0.872. The molecule has 3 heteroatoms. The van der Waals surface area contributed by atoms with E-state index in [2.05, 4.69) is 29.9 Å². The van der Waals surface area contributed by atoms with Crippen molar-refractivity contribution < 1.29 is 0 Å². The van der Waals surface area contributed by atoms with Crippen LogP contribution in [-0.2, 0) is 6.54 Å². The number of nitrogens with zero attached hydrogens (tertiary/aromatic N) is 2. The first kappa shape index (κ1) is 12.4. The maximum atomic E-state index is 5.67. The summed E-state index contributed by atoms with van der Waals surface area (Å²) in [6.07, 6.45) is 7.11. The van der Waals surface area contributed by atoms with Gasteiger partial charge in [-0.15, -0.1) is 0 Å². The van der Waals surface area contributed by atoms with Gasteiger partial charge in [0.15, 0.2) is 0 Å². The maximum Gasteiger partial charge on any atom is 0.128 e. The van der Waals surface area contributed by atoms with Gasteiger partial charge in [-0.3, -0.25) is 0 Å². The number of hydrogen-bond acceptors (Lipinski definition) is 3. The minimum atomic E-state index is 0.588. The van der Waals surface area contributed by atoms with E-state index in [1.165, 1.54) is 25.7 Å². The predicted molar refractivity (Wildman–Crippen MR) is 72.0 cm³/mol. The number of rotatable bonds is 3. The Labute approximate surface area is 104 Å². The van der Waals surface area contributed by atoms with Crippen LogP contribution in [0, 0.1) is 5.92 Å². The molecular formula is C14H23N3. The molecule has 94 valence electrons. The third-order valence-electron chi connectivity index (χ3n) is 3.94. The average Bonchev–Trinajstić information content (AvgIpc) is 2.39. The van der Waals surface area contributed by atoms with Crippen LogP contribution in [0.4, 0.5) is 5.82 Å². The summed E-state index contributed by atoms with van der Waals surface area (Å²) in [5.74, 6) is 1.95. The standard InChI is InChI=1S/C14H23N3/c1-11-3-5-13(6-4-11)17(2)14-9-12(10-15)7-8-16-14/h7-9,11,13H,3-6,10,15H2,1-2H3. The molecule has 1 saturated carbocycles. The Morgan fingerprint density at radius 1 is 1.35 bits per heavy atom. The lowest BCUT2D eigenvalue weighted by atomic mass is 9.87. The fourth-order valence-electron chi connectivity index (χ4n) is 2.60. The van der Waals surface area contributed by atoms with Crippen molar-refractivity contribution in [3.05, 3.63) is 23.9 Å². The molecule has 0 spiro atoms. The van der Waals surface area contributed by atoms with Crippen LogP contribution in [0.2, 0.25) is 0 Å². The summed E-state index contributed by atoms with van der Waals surface area (Å²) in [5, 5.41) is 0. The molecule has 0 bridgehead atoms. The second-order valence-electron chi connectivity index (χ2n) is 5.25. The lowest BCUT2D eigenvalue weighted by molar-refractivity contribution is 0.340. The third kappa shape index (κ3) is 2.97. The van der Waals surface area contributed by atoms with Crippen molar-refractivity contribution in [3.63, 3.8) is 0 Å². The molecule has 0 unspecified atom stereocenters. The van der Waals surface area contributed by atoms with Crippen molar-refractivity contribution in [2.75, 3.05) is 11.9 Å². The van der Waals surface area contributed by atoms with Gasteiger partial charge in [-0.05, 0) is 49.3 Å². The van der Waals surface area contributed by atoms with Crippen LogP contribution >= 0.6 is 0 Å². The first-order valence-electron chi connectivity index (χ1n) is 6.58. The Hall–Kier alpha value is -1.09. The lowest BCUT2D eigenvalue weighted by Crippen LogP contribution is -2.35. The molecule has 3 nitrogen and oxygen atoms in total. The van der Waals surface area contributed by atoms with Crippen molar-refractivity contribution in [2.24, 2.45) is 11.7 Å². The van der Waals surface area contributed by atoms with Gasteiger partial charge < -0.3 is 10.6 Å². The van der Waals surface area contributed by atoms with Crippen molar-refractivity contribution in [1.82, 2.24) is 4.98 Å². The molecule has 0 radical (unpaired) electrons. The summed E-state index contributed by atoms with van der Waals surface area (Å²) >= 11 is 0. The monoisotopic (exact) mass is 233 g/mol. The molecule has 0 atom stereocenters. The minimum Gasteiger partial charge on any atom is -0.357 e. The molecule has 0 aliphatic heterocycles. The van der Waals surface area contributed by atoms with E-state index in [1.54, 1.807) is 0 Å². The van der Waals surface area contributed by atoms with Gasteiger partial charge >= 0.3 is 0 Å². The molecular weight excluding hydrogens is 210 g/mol. The Bertz CT molecular complexity index is 356. The van der Waals surface area contributed by atoms with Crippen LogP contribution in [0.1, 0.15) is 38.2 Å². The van der Waals surface area contributed by atoms with Gasteiger partial charge in [-0.2, -0.15) is 0 Å². The molecule has 1 fully saturated rings. The molecule has 1 aromatic rings. The molecule has 0 saturated heterocycles. The first-order valence-corrected chi connectivity index (χ1v) is 6.58. The number of anilines is 1. The average molecular weight is 233 g/mol. The summed E-state index contributed by atoms with van der Waals surface area (Å²) in [6.45, 7) is 2.94. The van der Waals surface area contributed by atoms with Crippen molar-refractivity contribution in [2.45, 2.75) is 45.2 Å². The molecule has 0 aromatic carbocycles. The maximum absolute atomic E-state index is 5.67. The Morgan fingerprint density at radius 2 is 2.06 bits per heavy atom. The number of aromatic nitrogens is 1. The van der Waals surface area contributed by atoms with E-state index in [0.717, 1.165) is 17.3 Å². The van der Waals surface area contributed by atoms with Crippen LogP contribution in [0.25, 0.3) is 0 Å². The van der Waals surface area contributed by atoms with E-state index < -0.39 is 0 Å². The molecule has 1 aliphatic rings. The molecule has 0 amide bonds. The smallest absolute Gasteiger partial charge is 0.128 e. The molecule has 2 N–H and O–H groups in total. The van der Waals surface area contributed by atoms with E-state index in [0.29, 0.717) is 12.6 Å². The van der Waals surface area contributed by atoms with E-state index in [9.17, 15) is 0 Å². The summed E-state index contributed by atoms with van der Waals surface area (Å²) in [5.41, 5.74) is 6.83. The van der Waals surface area contributed by atoms with E-state index >= 15 is 0 Å². The van der Waals surface area contributed by atoms with Gasteiger partial charge in [0.05, 0.1) is 0 Å². The summed E-state index contributed by atoms with van der Waals surface area (Å²) in [7, 11) is 2.16. The van der Waals surface area contributed by atoms with Gasteiger partial charge in [-0.25, -0.2) is 4.98 Å². The summed E-state index contributed by atoms with van der Waals surface area (Å²) in [4.78, 5) is 6.78. The van der Waals surface area contributed by atoms with Crippen molar-refractivity contribution in [3.8, 4) is 0 Å². The molecule has 1 heterocycles. The highest BCUT2D eigenvalue weighted by Gasteiger charge is 2.22. The molecule has 17 heavy (non-hydrogen) atoms. The highest BCUT2D eigenvalue weighted by atomic mass is 15.2. The molecule has 1 aromatic heterocycles. The second kappa shape index (κ2) is 5.50. The highest BCUT2D eigenvalue weighted by Crippen LogP contribution is 2.28. The number of pyridine rings is 1. The normalized spacial score (nSPS) is 24.6. The predicted octanol–water partition coefficient (Wildman–Crippen LogP) is 2.56. The van der Waals surface area contributed by atoms with Crippen molar-refractivity contribution >= 4 is 5.82 Å². The van der Waals surface area contributed by atoms with Crippen molar-refractivity contribution in [1.29, 1.82) is 0 Å². The van der Waals surface area contributed by atoms with Gasteiger partial charge in [0, 0.05) is 25.8 Å². The Balaban J connectivity index is 2.05. The van der Waals surface area contributed by atoms with Gasteiger partial charge in [-0.1, -0.05) is 6.92 Å². The zero-order valence-electron chi connectivity index (χ0n) is 10.9. The van der Waals surface area contributed by atoms with E-state index in [-0.39, 0.29) is 0 Å². The van der Waals surface area contributed by atoms with Gasteiger partial charge in [0.25, 0.3) is 0 Å². The lowest BCUT2D eigenvalue weighted by Gasteiger charge is -2.34. The van der Waals surface area contributed by atoms with Crippen LogP contribution < -0.4 is 10.6 Å². The van der Waals surface area contributed by atoms with Crippen LogP contribution in [-0.4, -0.2) is 18.1 Å². The SMILES string of the molecule is CC1CCC(N(C)c2cc(CN)ccn2)CC1. The van der Waals surface area contributed by atoms with E-state index in [4.69, 9.17) is 5.73 Å². The van der Waals surface area contributed by atoms with Gasteiger partial charge in [0.2, 0.25) is 0 Å². The minimum absolute atomic E-state index is 0.588. The van der Waals surface area contributed by atoms with Crippen LogP contribution in [0.5, 0.6) is 0 Å². The number of hydrogen-bond donors (Lipinski definition) is 1. The fraction of sp³-hybridized carbons (Fsp3) is 0.643. The van der Waals surface area contributed by atoms with Crippen LogP contribution in [0.15, 0.2) is 18.3 Å². The zero-order valence-corrected chi connectivity index (χ0v) is 10.9. The Morgan fingerprint density at radius 3 is 2.71 bits per heavy atom. The summed E-state index contributed by atoms with van der Waals surface area (Å²) in [6, 6.07) is 4.74. The topological polar surface area (TPSA) is 42.1 Å². The summed E-state index contributed by atoms with van der Waals surface area (Å²) < 4.78 is 0. The molecule has 2 rings (SSSR count). The Kier molecular flexibility index (Phi) is 4.00. The van der Waals surface area contributed by atoms with E-state index in [1.807, 2.05) is 12.3 Å².